The summed E-state index contributed by atoms with van der Waals surface area (Å²) in [5, 5.41) is 9.97. The predicted octanol–water partition coefficient (Wildman–Crippen LogP) is 0.665. The van der Waals surface area contributed by atoms with Crippen molar-refractivity contribution in [3.05, 3.63) is 23.9 Å². The quantitative estimate of drug-likeness (QED) is 0.506. The Labute approximate surface area is 103 Å². The van der Waals surface area contributed by atoms with Crippen LogP contribution in [-0.4, -0.2) is 22.0 Å². The first-order valence-corrected chi connectivity index (χ1v) is 5.72. The normalized spacial score (nSPS) is 20.1. The zero-order valence-corrected chi connectivity index (χ0v) is 9.56. The molecular weight excluding hydrogens is 232 g/mol. The summed E-state index contributed by atoms with van der Waals surface area (Å²) in [6, 6.07) is 3.58. The molecule has 18 heavy (non-hydrogen) atoms. The average Bonchev–Trinajstić information content (AvgIpc) is 2.81. The van der Waals surface area contributed by atoms with Crippen LogP contribution in [-0.2, 0) is 9.59 Å². The molecule has 0 spiro atoms. The van der Waals surface area contributed by atoms with Crippen LogP contribution in [0.3, 0.4) is 0 Å². The molecule has 3 rings (SSSR count). The number of amides is 2. The molecule has 0 bridgehead atoms. The standard InChI is InChI=1S/C12H12N4O2/c13-9-3-1-6(8-5-14-16-11(8)9)7-2-4-10(17)15-12(7)18/h1,3,5,7H,2,4,13H2,(H,14,16)(H,15,17,18). The van der Waals surface area contributed by atoms with Gasteiger partial charge in [0, 0.05) is 11.8 Å². The lowest BCUT2D eigenvalue weighted by Crippen LogP contribution is -2.39. The van der Waals surface area contributed by atoms with Gasteiger partial charge in [0.15, 0.2) is 0 Å². The Kier molecular flexibility index (Phi) is 2.29. The molecule has 0 aliphatic carbocycles. The number of rotatable bonds is 1. The molecule has 1 aromatic carbocycles. The number of aromatic nitrogens is 2. The van der Waals surface area contributed by atoms with Gasteiger partial charge < -0.3 is 5.73 Å². The van der Waals surface area contributed by atoms with Gasteiger partial charge in [-0.2, -0.15) is 5.10 Å². The maximum atomic E-state index is 11.9. The zero-order chi connectivity index (χ0) is 12.7. The minimum absolute atomic E-state index is 0.213. The van der Waals surface area contributed by atoms with Crippen molar-refractivity contribution < 1.29 is 9.59 Å². The second-order valence-electron chi connectivity index (χ2n) is 4.41. The first-order valence-electron chi connectivity index (χ1n) is 5.72. The van der Waals surface area contributed by atoms with Gasteiger partial charge in [-0.05, 0) is 18.1 Å². The van der Waals surface area contributed by atoms with E-state index in [-0.39, 0.29) is 17.7 Å². The number of benzene rings is 1. The second kappa shape index (κ2) is 3.83. The molecule has 1 unspecified atom stereocenters. The van der Waals surface area contributed by atoms with Crippen molar-refractivity contribution in [3.8, 4) is 0 Å². The van der Waals surface area contributed by atoms with Crippen molar-refractivity contribution >= 4 is 28.4 Å². The van der Waals surface area contributed by atoms with Gasteiger partial charge in [-0.1, -0.05) is 6.07 Å². The number of imide groups is 1. The Balaban J connectivity index is 2.09. The van der Waals surface area contributed by atoms with E-state index in [0.717, 1.165) is 16.5 Å². The molecule has 6 heteroatoms. The number of aromatic amines is 1. The van der Waals surface area contributed by atoms with E-state index in [4.69, 9.17) is 5.73 Å². The Morgan fingerprint density at radius 2 is 2.17 bits per heavy atom. The summed E-state index contributed by atoms with van der Waals surface area (Å²) < 4.78 is 0. The highest BCUT2D eigenvalue weighted by Crippen LogP contribution is 2.32. The van der Waals surface area contributed by atoms with Crippen molar-refractivity contribution in [1.29, 1.82) is 0 Å². The molecule has 1 saturated heterocycles. The van der Waals surface area contributed by atoms with Gasteiger partial charge in [0.1, 0.15) is 0 Å². The third-order valence-corrected chi connectivity index (χ3v) is 3.30. The van der Waals surface area contributed by atoms with Crippen molar-refractivity contribution in [1.82, 2.24) is 15.5 Å². The van der Waals surface area contributed by atoms with Gasteiger partial charge in [-0.15, -0.1) is 0 Å². The fraction of sp³-hybridized carbons (Fsp3) is 0.250. The number of anilines is 1. The molecule has 6 nitrogen and oxygen atoms in total. The molecule has 1 aromatic heterocycles. The van der Waals surface area contributed by atoms with Crippen molar-refractivity contribution in [2.24, 2.45) is 0 Å². The summed E-state index contributed by atoms with van der Waals surface area (Å²) in [7, 11) is 0. The van der Waals surface area contributed by atoms with Crippen molar-refractivity contribution in [2.75, 3.05) is 5.73 Å². The van der Waals surface area contributed by atoms with E-state index in [0.29, 0.717) is 18.5 Å². The summed E-state index contributed by atoms with van der Waals surface area (Å²) in [6.07, 6.45) is 2.54. The van der Waals surface area contributed by atoms with Crippen molar-refractivity contribution in [3.63, 3.8) is 0 Å². The lowest BCUT2D eigenvalue weighted by Gasteiger charge is -2.21. The number of piperidine rings is 1. The first kappa shape index (κ1) is 10.8. The smallest absolute Gasteiger partial charge is 0.234 e. The van der Waals surface area contributed by atoms with E-state index in [1.165, 1.54) is 0 Å². The lowest BCUT2D eigenvalue weighted by molar-refractivity contribution is -0.134. The Hall–Kier alpha value is -2.37. The minimum Gasteiger partial charge on any atom is -0.397 e. The number of nitrogens with zero attached hydrogens (tertiary/aromatic N) is 1. The van der Waals surface area contributed by atoms with Gasteiger partial charge in [-0.25, -0.2) is 0 Å². The maximum Gasteiger partial charge on any atom is 0.234 e. The number of H-pyrrole nitrogens is 1. The van der Waals surface area contributed by atoms with E-state index in [1.807, 2.05) is 6.07 Å². The summed E-state index contributed by atoms with van der Waals surface area (Å²) >= 11 is 0. The van der Waals surface area contributed by atoms with E-state index in [9.17, 15) is 9.59 Å². The maximum absolute atomic E-state index is 11.9. The summed E-state index contributed by atoms with van der Waals surface area (Å²) in [5.41, 5.74) is 8.02. The molecular formula is C12H12N4O2. The number of nitrogens with two attached hydrogens (primary N) is 1. The molecule has 1 atom stereocenters. The number of hydrogen-bond donors (Lipinski definition) is 3. The third kappa shape index (κ3) is 1.54. The molecule has 0 radical (unpaired) electrons. The van der Waals surface area contributed by atoms with Crippen LogP contribution in [0, 0.1) is 0 Å². The number of nitrogen functional groups attached to an aromatic ring is 1. The summed E-state index contributed by atoms with van der Waals surface area (Å²) in [6.45, 7) is 0. The molecule has 2 heterocycles. The number of nitrogens with one attached hydrogen (secondary N) is 2. The number of carbonyl (C=O) groups excluding carboxylic acids is 2. The predicted molar refractivity (Wildman–Crippen MR) is 65.6 cm³/mol. The highest BCUT2D eigenvalue weighted by molar-refractivity contribution is 6.03. The zero-order valence-electron chi connectivity index (χ0n) is 9.56. The van der Waals surface area contributed by atoms with Gasteiger partial charge in [-0.3, -0.25) is 20.0 Å². The molecule has 1 fully saturated rings. The van der Waals surface area contributed by atoms with E-state index in [2.05, 4.69) is 15.5 Å². The molecule has 2 amide bonds. The first-order chi connectivity index (χ1) is 8.66. The van der Waals surface area contributed by atoms with Gasteiger partial charge in [0.2, 0.25) is 11.8 Å². The fourth-order valence-corrected chi connectivity index (χ4v) is 2.37. The largest absolute Gasteiger partial charge is 0.397 e. The SMILES string of the molecule is Nc1ccc(C2CCC(=O)NC2=O)c2cn[nH]c12. The van der Waals surface area contributed by atoms with Crippen LogP contribution in [0.1, 0.15) is 24.3 Å². The van der Waals surface area contributed by atoms with Crippen LogP contribution in [0.2, 0.25) is 0 Å². The number of carbonyl (C=O) groups is 2. The fourth-order valence-electron chi connectivity index (χ4n) is 2.37. The molecule has 92 valence electrons. The van der Waals surface area contributed by atoms with Crippen LogP contribution in [0.5, 0.6) is 0 Å². The Bertz CT molecular complexity index is 647. The second-order valence-corrected chi connectivity index (χ2v) is 4.41. The lowest BCUT2D eigenvalue weighted by atomic mass is 9.88. The molecule has 1 aliphatic rings. The van der Waals surface area contributed by atoms with Crippen LogP contribution in [0.4, 0.5) is 5.69 Å². The summed E-state index contributed by atoms with van der Waals surface area (Å²) in [4.78, 5) is 23.0. The van der Waals surface area contributed by atoms with Crippen LogP contribution in [0.15, 0.2) is 18.3 Å². The highest BCUT2D eigenvalue weighted by Gasteiger charge is 2.29. The monoisotopic (exact) mass is 244 g/mol. The highest BCUT2D eigenvalue weighted by atomic mass is 16.2. The Morgan fingerprint density at radius 1 is 1.33 bits per heavy atom. The van der Waals surface area contributed by atoms with Crippen molar-refractivity contribution in [2.45, 2.75) is 18.8 Å². The van der Waals surface area contributed by atoms with Crippen LogP contribution < -0.4 is 11.1 Å². The molecule has 0 saturated carbocycles. The number of fused-ring (bicyclic) bond motifs is 1. The van der Waals surface area contributed by atoms with E-state index in [1.54, 1.807) is 12.3 Å². The van der Waals surface area contributed by atoms with Gasteiger partial charge in [0.05, 0.1) is 23.3 Å². The minimum atomic E-state index is -0.316. The van der Waals surface area contributed by atoms with E-state index < -0.39 is 0 Å². The summed E-state index contributed by atoms with van der Waals surface area (Å²) in [5.74, 6) is -0.781. The topological polar surface area (TPSA) is 101 Å². The molecule has 2 aromatic rings. The molecule has 1 aliphatic heterocycles. The van der Waals surface area contributed by atoms with Gasteiger partial charge >= 0.3 is 0 Å². The van der Waals surface area contributed by atoms with E-state index >= 15 is 0 Å². The van der Waals surface area contributed by atoms with Gasteiger partial charge in [0.25, 0.3) is 0 Å². The third-order valence-electron chi connectivity index (χ3n) is 3.30. The van der Waals surface area contributed by atoms with Crippen LogP contribution >= 0.6 is 0 Å². The molecule has 4 N–H and O–H groups in total. The van der Waals surface area contributed by atoms with Crippen LogP contribution in [0.25, 0.3) is 10.9 Å². The average molecular weight is 244 g/mol. The Morgan fingerprint density at radius 3 is 2.94 bits per heavy atom. The number of hydrogen-bond acceptors (Lipinski definition) is 4.